The van der Waals surface area contributed by atoms with Crippen LogP contribution in [-0.2, 0) is 19.8 Å². The van der Waals surface area contributed by atoms with Gasteiger partial charge in [0, 0.05) is 55.8 Å². The fraction of sp³-hybridized carbons (Fsp3) is 0.381. The minimum absolute atomic E-state index is 0.124. The average Bonchev–Trinajstić information content (AvgIpc) is 3.12. The quantitative estimate of drug-likeness (QED) is 0.655. The summed E-state index contributed by atoms with van der Waals surface area (Å²) in [5, 5.41) is 4.22. The lowest BCUT2D eigenvalue weighted by Crippen LogP contribution is -2.34. The van der Waals surface area contributed by atoms with Crippen LogP contribution in [0.4, 0.5) is 13.2 Å². The first kappa shape index (κ1) is 19.6. The van der Waals surface area contributed by atoms with Crippen LogP contribution in [-0.4, -0.2) is 37.7 Å². The maximum absolute atomic E-state index is 13.1. The molecule has 0 saturated carbocycles. The van der Waals surface area contributed by atoms with Gasteiger partial charge in [-0.15, -0.1) is 0 Å². The number of aryl methyl sites for hydroxylation is 1. The van der Waals surface area contributed by atoms with Gasteiger partial charge >= 0.3 is 6.18 Å². The molecule has 152 valence electrons. The van der Waals surface area contributed by atoms with E-state index in [1.165, 1.54) is 12.3 Å². The van der Waals surface area contributed by atoms with Gasteiger partial charge in [-0.25, -0.2) is 0 Å². The highest BCUT2D eigenvalue weighted by molar-refractivity contribution is 5.63. The zero-order valence-corrected chi connectivity index (χ0v) is 16.1. The molecule has 2 aromatic heterocycles. The summed E-state index contributed by atoms with van der Waals surface area (Å²) in [5.41, 5.74) is 2.22. The van der Waals surface area contributed by atoms with Gasteiger partial charge in [-0.1, -0.05) is 12.1 Å². The first-order valence-electron chi connectivity index (χ1n) is 9.58. The Labute approximate surface area is 167 Å². The number of likely N-dealkylation sites (tertiary alicyclic amines) is 1. The van der Waals surface area contributed by atoms with Crippen molar-refractivity contribution in [1.29, 1.82) is 0 Å². The first-order chi connectivity index (χ1) is 13.9. The van der Waals surface area contributed by atoms with Crippen LogP contribution in [0, 0.1) is 0 Å². The van der Waals surface area contributed by atoms with Crippen LogP contribution in [0.3, 0.4) is 0 Å². The molecule has 1 atom stereocenters. The molecule has 0 aliphatic carbocycles. The summed E-state index contributed by atoms with van der Waals surface area (Å²) in [6, 6.07) is 5.32. The summed E-state index contributed by atoms with van der Waals surface area (Å²) in [4.78, 5) is 11.3. The van der Waals surface area contributed by atoms with Crippen molar-refractivity contribution in [2.45, 2.75) is 31.5 Å². The molecule has 5 nitrogen and oxygen atoms in total. The van der Waals surface area contributed by atoms with Crippen LogP contribution >= 0.6 is 0 Å². The van der Waals surface area contributed by atoms with Crippen LogP contribution in [0.15, 0.2) is 49.1 Å². The highest BCUT2D eigenvalue weighted by Gasteiger charge is 2.31. The lowest BCUT2D eigenvalue weighted by Gasteiger charge is -2.32. The normalized spacial score (nSPS) is 18.1. The van der Waals surface area contributed by atoms with Gasteiger partial charge in [0.05, 0.1) is 23.1 Å². The van der Waals surface area contributed by atoms with Gasteiger partial charge in [-0.3, -0.25) is 19.5 Å². The number of rotatable bonds is 4. The van der Waals surface area contributed by atoms with Crippen molar-refractivity contribution in [3.8, 4) is 11.3 Å². The third kappa shape index (κ3) is 4.48. The summed E-state index contributed by atoms with van der Waals surface area (Å²) in [6.45, 7) is 2.56. The molecule has 1 aliphatic heterocycles. The largest absolute Gasteiger partial charge is 0.416 e. The molecule has 1 aliphatic rings. The highest BCUT2D eigenvalue weighted by Crippen LogP contribution is 2.35. The van der Waals surface area contributed by atoms with Crippen molar-refractivity contribution in [2.75, 3.05) is 13.1 Å². The van der Waals surface area contributed by atoms with Crippen LogP contribution in [0.1, 0.15) is 35.6 Å². The third-order valence-electron chi connectivity index (χ3n) is 5.25. The van der Waals surface area contributed by atoms with E-state index in [0.717, 1.165) is 55.9 Å². The van der Waals surface area contributed by atoms with Crippen molar-refractivity contribution in [1.82, 2.24) is 24.6 Å². The molecule has 1 saturated heterocycles. The maximum atomic E-state index is 13.1. The summed E-state index contributed by atoms with van der Waals surface area (Å²) in [6.07, 6.45) is 4.57. The average molecular weight is 401 g/mol. The Kier molecular flexibility index (Phi) is 5.36. The number of hydrogen-bond donors (Lipinski definition) is 0. The minimum atomic E-state index is -4.39. The van der Waals surface area contributed by atoms with Crippen molar-refractivity contribution in [3.05, 3.63) is 65.9 Å². The smallest absolute Gasteiger partial charge is 0.298 e. The van der Waals surface area contributed by atoms with Gasteiger partial charge < -0.3 is 0 Å². The molecule has 29 heavy (non-hydrogen) atoms. The second-order valence-corrected chi connectivity index (χ2v) is 7.47. The monoisotopic (exact) mass is 401 g/mol. The van der Waals surface area contributed by atoms with Crippen LogP contribution in [0.2, 0.25) is 0 Å². The number of halogens is 3. The molecule has 0 N–H and O–H groups in total. The molecular weight excluding hydrogens is 379 g/mol. The number of hydrogen-bond acceptors (Lipinski definition) is 4. The lowest BCUT2D eigenvalue weighted by molar-refractivity contribution is -0.137. The van der Waals surface area contributed by atoms with E-state index >= 15 is 0 Å². The second-order valence-electron chi connectivity index (χ2n) is 7.47. The van der Waals surface area contributed by atoms with E-state index in [2.05, 4.69) is 20.0 Å². The SMILES string of the molecule is Cn1cc(CN2CCCC(c3nccnc3-c3cccc(C(F)(F)F)c3)C2)cn1. The molecule has 1 fully saturated rings. The van der Waals surface area contributed by atoms with E-state index in [1.807, 2.05) is 19.4 Å². The Bertz CT molecular complexity index is 982. The molecule has 1 unspecified atom stereocenters. The Hall–Kier alpha value is -2.74. The number of aromatic nitrogens is 4. The van der Waals surface area contributed by atoms with Crippen molar-refractivity contribution < 1.29 is 13.2 Å². The molecule has 0 amide bonds. The summed E-state index contributed by atoms with van der Waals surface area (Å²) < 4.78 is 41.2. The molecule has 0 radical (unpaired) electrons. The molecule has 1 aromatic carbocycles. The van der Waals surface area contributed by atoms with Gasteiger partial charge in [0.25, 0.3) is 0 Å². The summed E-state index contributed by atoms with van der Waals surface area (Å²) in [5.74, 6) is 0.124. The Balaban J connectivity index is 1.59. The van der Waals surface area contributed by atoms with Gasteiger partial charge in [-0.05, 0) is 31.5 Å². The van der Waals surface area contributed by atoms with E-state index < -0.39 is 11.7 Å². The number of nitrogens with zero attached hydrogens (tertiary/aromatic N) is 5. The van der Waals surface area contributed by atoms with Gasteiger partial charge in [-0.2, -0.15) is 18.3 Å². The fourth-order valence-corrected chi connectivity index (χ4v) is 3.95. The standard InChI is InChI=1S/C21H22F3N5/c1-28-12-15(11-27-28)13-29-9-3-5-17(14-29)20-19(25-7-8-26-20)16-4-2-6-18(10-16)21(22,23)24/h2,4,6-8,10-12,17H,3,5,9,13-14H2,1H3. The molecule has 8 heteroatoms. The number of alkyl halides is 3. The van der Waals surface area contributed by atoms with Gasteiger partial charge in [0.15, 0.2) is 0 Å². The Morgan fingerprint density at radius 2 is 2.00 bits per heavy atom. The minimum Gasteiger partial charge on any atom is -0.298 e. The first-order valence-corrected chi connectivity index (χ1v) is 9.58. The van der Waals surface area contributed by atoms with Gasteiger partial charge in [0.2, 0.25) is 0 Å². The highest BCUT2D eigenvalue weighted by atomic mass is 19.4. The van der Waals surface area contributed by atoms with Crippen LogP contribution in [0.25, 0.3) is 11.3 Å². The molecule has 4 rings (SSSR count). The Morgan fingerprint density at radius 3 is 2.76 bits per heavy atom. The molecular formula is C21H22F3N5. The van der Waals surface area contributed by atoms with Crippen molar-refractivity contribution in [3.63, 3.8) is 0 Å². The predicted molar refractivity (Wildman–Crippen MR) is 103 cm³/mol. The van der Waals surface area contributed by atoms with Gasteiger partial charge in [0.1, 0.15) is 0 Å². The van der Waals surface area contributed by atoms with E-state index in [9.17, 15) is 13.2 Å². The fourth-order valence-electron chi connectivity index (χ4n) is 3.95. The number of benzene rings is 1. The zero-order valence-electron chi connectivity index (χ0n) is 16.1. The Morgan fingerprint density at radius 1 is 1.17 bits per heavy atom. The summed E-state index contributed by atoms with van der Waals surface area (Å²) in [7, 11) is 1.89. The van der Waals surface area contributed by atoms with Crippen molar-refractivity contribution in [2.24, 2.45) is 7.05 Å². The lowest BCUT2D eigenvalue weighted by atomic mass is 9.91. The molecule has 3 aromatic rings. The molecule has 0 bridgehead atoms. The maximum Gasteiger partial charge on any atom is 0.416 e. The van der Waals surface area contributed by atoms with E-state index in [1.54, 1.807) is 16.9 Å². The molecule has 3 heterocycles. The predicted octanol–water partition coefficient (Wildman–Crippen LogP) is 4.28. The molecule has 0 spiro atoms. The van der Waals surface area contributed by atoms with Crippen LogP contribution < -0.4 is 0 Å². The van der Waals surface area contributed by atoms with Crippen molar-refractivity contribution >= 4 is 0 Å². The van der Waals surface area contributed by atoms with E-state index in [0.29, 0.717) is 11.3 Å². The van der Waals surface area contributed by atoms with E-state index in [-0.39, 0.29) is 5.92 Å². The van der Waals surface area contributed by atoms with E-state index in [4.69, 9.17) is 0 Å². The number of piperidine rings is 1. The summed E-state index contributed by atoms with van der Waals surface area (Å²) >= 11 is 0. The van der Waals surface area contributed by atoms with Crippen LogP contribution in [0.5, 0.6) is 0 Å². The topological polar surface area (TPSA) is 46.8 Å². The zero-order chi connectivity index (χ0) is 20.4. The third-order valence-corrected chi connectivity index (χ3v) is 5.25. The second kappa shape index (κ2) is 7.94.